The van der Waals surface area contributed by atoms with Gasteiger partial charge in [0.2, 0.25) is 0 Å². The minimum absolute atomic E-state index is 0.0305. The summed E-state index contributed by atoms with van der Waals surface area (Å²) < 4.78 is 4.89. The molecule has 42 heavy (non-hydrogen) atoms. The first kappa shape index (κ1) is 41.3. The van der Waals surface area contributed by atoms with E-state index in [4.69, 9.17) is 24.7 Å². The Balaban J connectivity index is 3.13. The van der Waals surface area contributed by atoms with E-state index in [1.165, 1.54) is 155 Å². The number of unbranched alkanes of at least 4 members (excludes halogenated alkanes) is 25. The molecule has 0 spiro atoms. The Bertz CT molecular complexity index is 553. The molecule has 0 rings (SSSR count). The molecule has 1 atom stereocenters. The first-order valence-electron chi connectivity index (χ1n) is 18.1. The fourth-order valence-corrected chi connectivity index (χ4v) is 5.59. The number of methoxy groups -OCH3 is 1. The Morgan fingerprint density at radius 1 is 0.548 bits per heavy atom. The van der Waals surface area contributed by atoms with Crippen LogP contribution in [-0.4, -0.2) is 49.2 Å². The molecule has 6 heteroatoms. The lowest BCUT2D eigenvalue weighted by Gasteiger charge is -2.20. The minimum Gasteiger partial charge on any atom is -0.469 e. The van der Waals surface area contributed by atoms with E-state index in [0.717, 1.165) is 25.7 Å². The third-order valence-electron chi connectivity index (χ3n) is 8.57. The SMILES string of the molecule is COC(=O)C(C)(C)CCCCCCCCCCCCCCCCCCCCCCCCCCCCOOCC(O)CO. The van der Waals surface area contributed by atoms with E-state index >= 15 is 0 Å². The van der Waals surface area contributed by atoms with Crippen LogP contribution < -0.4 is 0 Å². The van der Waals surface area contributed by atoms with Crippen LogP contribution >= 0.6 is 0 Å². The van der Waals surface area contributed by atoms with Crippen LogP contribution in [0.5, 0.6) is 0 Å². The topological polar surface area (TPSA) is 85.2 Å². The number of esters is 1. The van der Waals surface area contributed by atoms with Gasteiger partial charge >= 0.3 is 5.97 Å². The van der Waals surface area contributed by atoms with Crippen molar-refractivity contribution in [3.63, 3.8) is 0 Å². The molecule has 1 unspecified atom stereocenters. The van der Waals surface area contributed by atoms with Crippen molar-refractivity contribution >= 4 is 5.97 Å². The van der Waals surface area contributed by atoms with Crippen molar-refractivity contribution in [3.05, 3.63) is 0 Å². The normalized spacial score (nSPS) is 12.6. The Hall–Kier alpha value is -0.690. The van der Waals surface area contributed by atoms with Crippen molar-refractivity contribution in [2.24, 2.45) is 5.41 Å². The van der Waals surface area contributed by atoms with Crippen molar-refractivity contribution < 1.29 is 29.5 Å². The molecule has 0 heterocycles. The van der Waals surface area contributed by atoms with E-state index in [0.29, 0.717) is 6.61 Å². The second-order valence-corrected chi connectivity index (χ2v) is 13.3. The van der Waals surface area contributed by atoms with Crippen LogP contribution in [0.1, 0.15) is 187 Å². The maximum absolute atomic E-state index is 11.7. The number of hydrogen-bond donors (Lipinski definition) is 2. The Labute approximate surface area is 261 Å². The Kier molecular flexibility index (Phi) is 31.2. The van der Waals surface area contributed by atoms with E-state index in [9.17, 15) is 4.79 Å². The standard InChI is InChI=1S/C36H72O6/c1-36(2,35(39)40-3)30-28-26-24-22-20-18-16-14-12-10-8-6-4-5-7-9-11-13-15-17-19-21-23-25-27-29-31-41-42-33-34(38)32-37/h34,37-38H,4-33H2,1-3H3. The van der Waals surface area contributed by atoms with E-state index in [1.807, 2.05) is 13.8 Å². The molecule has 0 fully saturated rings. The van der Waals surface area contributed by atoms with E-state index in [1.54, 1.807) is 0 Å². The monoisotopic (exact) mass is 601 g/mol. The van der Waals surface area contributed by atoms with Gasteiger partial charge in [-0.2, -0.15) is 0 Å². The summed E-state index contributed by atoms with van der Waals surface area (Å²) in [7, 11) is 1.48. The number of aliphatic hydroxyl groups is 2. The predicted octanol–water partition coefficient (Wildman–Crippen LogP) is 10.0. The highest BCUT2D eigenvalue weighted by Gasteiger charge is 2.27. The highest BCUT2D eigenvalue weighted by molar-refractivity contribution is 5.75. The van der Waals surface area contributed by atoms with Gasteiger partial charge in [-0.25, -0.2) is 9.78 Å². The summed E-state index contributed by atoms with van der Waals surface area (Å²) >= 11 is 0. The minimum atomic E-state index is -0.851. The zero-order valence-corrected chi connectivity index (χ0v) is 28.3. The Morgan fingerprint density at radius 3 is 1.17 bits per heavy atom. The third-order valence-corrected chi connectivity index (χ3v) is 8.57. The molecule has 0 radical (unpaired) electrons. The van der Waals surface area contributed by atoms with Gasteiger partial charge in [0.25, 0.3) is 0 Å². The van der Waals surface area contributed by atoms with Gasteiger partial charge in [-0.15, -0.1) is 0 Å². The van der Waals surface area contributed by atoms with Gasteiger partial charge in [-0.3, -0.25) is 4.79 Å². The van der Waals surface area contributed by atoms with Gasteiger partial charge in [0.1, 0.15) is 12.7 Å². The van der Waals surface area contributed by atoms with Gasteiger partial charge in [-0.05, 0) is 26.7 Å². The number of hydrogen-bond acceptors (Lipinski definition) is 6. The van der Waals surface area contributed by atoms with E-state index < -0.39 is 6.10 Å². The molecular weight excluding hydrogens is 528 g/mol. The summed E-state index contributed by atoms with van der Waals surface area (Å²) in [6, 6.07) is 0. The van der Waals surface area contributed by atoms with Crippen molar-refractivity contribution in [2.75, 3.05) is 26.9 Å². The van der Waals surface area contributed by atoms with Gasteiger partial charge in [0.15, 0.2) is 0 Å². The van der Waals surface area contributed by atoms with Crippen molar-refractivity contribution in [1.82, 2.24) is 0 Å². The fraction of sp³-hybridized carbons (Fsp3) is 0.972. The molecule has 0 bridgehead atoms. The van der Waals surface area contributed by atoms with Gasteiger partial charge in [0, 0.05) is 0 Å². The van der Waals surface area contributed by atoms with Crippen molar-refractivity contribution in [2.45, 2.75) is 193 Å². The van der Waals surface area contributed by atoms with Gasteiger partial charge in [0.05, 0.1) is 25.7 Å². The van der Waals surface area contributed by atoms with Gasteiger partial charge in [-0.1, -0.05) is 161 Å². The third kappa shape index (κ3) is 29.4. The molecule has 0 aromatic carbocycles. The summed E-state index contributed by atoms with van der Waals surface area (Å²) in [6.07, 6.45) is 35.2. The summed E-state index contributed by atoms with van der Waals surface area (Å²) in [4.78, 5) is 21.5. The first-order valence-corrected chi connectivity index (χ1v) is 18.1. The molecule has 0 saturated heterocycles. The van der Waals surface area contributed by atoms with Gasteiger partial charge < -0.3 is 14.9 Å². The summed E-state index contributed by atoms with van der Waals surface area (Å²) in [5.41, 5.74) is -0.331. The average molecular weight is 601 g/mol. The number of ether oxygens (including phenoxy) is 1. The van der Waals surface area contributed by atoms with Crippen LogP contribution in [0, 0.1) is 5.41 Å². The second kappa shape index (κ2) is 31.7. The maximum Gasteiger partial charge on any atom is 0.311 e. The van der Waals surface area contributed by atoms with Crippen molar-refractivity contribution in [3.8, 4) is 0 Å². The lowest BCUT2D eigenvalue weighted by Crippen LogP contribution is -2.25. The van der Waals surface area contributed by atoms with Crippen LogP contribution in [0.3, 0.4) is 0 Å². The summed E-state index contributed by atoms with van der Waals surface area (Å²) in [6.45, 7) is 4.28. The van der Waals surface area contributed by atoms with Crippen LogP contribution in [0.25, 0.3) is 0 Å². The van der Waals surface area contributed by atoms with Crippen LogP contribution in [0.4, 0.5) is 0 Å². The molecule has 0 amide bonds. The Morgan fingerprint density at radius 2 is 0.857 bits per heavy atom. The highest BCUT2D eigenvalue weighted by Crippen LogP contribution is 2.25. The molecular formula is C36H72O6. The van der Waals surface area contributed by atoms with E-state index in [2.05, 4.69) is 0 Å². The van der Waals surface area contributed by atoms with Crippen molar-refractivity contribution in [1.29, 1.82) is 0 Å². The molecule has 6 nitrogen and oxygen atoms in total. The molecule has 0 aliphatic rings. The summed E-state index contributed by atoms with van der Waals surface area (Å²) in [5.74, 6) is -0.0816. The largest absolute Gasteiger partial charge is 0.469 e. The lowest BCUT2D eigenvalue weighted by molar-refractivity contribution is -0.306. The number of rotatable bonds is 34. The molecule has 0 aromatic heterocycles. The molecule has 0 saturated carbocycles. The average Bonchev–Trinajstić information content (AvgIpc) is 2.99. The number of aliphatic hydroxyl groups excluding tert-OH is 2. The highest BCUT2D eigenvalue weighted by atomic mass is 17.2. The smallest absolute Gasteiger partial charge is 0.311 e. The predicted molar refractivity (Wildman–Crippen MR) is 175 cm³/mol. The lowest BCUT2D eigenvalue weighted by atomic mass is 9.87. The van der Waals surface area contributed by atoms with Crippen LogP contribution in [-0.2, 0) is 19.3 Å². The number of carbonyl (C=O) groups excluding carboxylic acids is 1. The van der Waals surface area contributed by atoms with Crippen LogP contribution in [0.2, 0.25) is 0 Å². The molecule has 252 valence electrons. The molecule has 0 aliphatic heterocycles. The van der Waals surface area contributed by atoms with Crippen LogP contribution in [0.15, 0.2) is 0 Å². The quantitative estimate of drug-likeness (QED) is 0.0331. The molecule has 0 aromatic rings. The second-order valence-electron chi connectivity index (χ2n) is 13.3. The zero-order valence-electron chi connectivity index (χ0n) is 28.3. The zero-order chi connectivity index (χ0) is 31.0. The fourth-order valence-electron chi connectivity index (χ4n) is 5.59. The number of carbonyl (C=O) groups is 1. The molecule has 2 N–H and O–H groups in total. The molecule has 0 aliphatic carbocycles. The maximum atomic E-state index is 11.7. The van der Waals surface area contributed by atoms with E-state index in [-0.39, 0.29) is 24.6 Å². The summed E-state index contributed by atoms with van der Waals surface area (Å²) in [5, 5.41) is 17.8. The first-order chi connectivity index (χ1) is 20.4.